The van der Waals surface area contributed by atoms with E-state index < -0.39 is 10.3 Å². The van der Waals surface area contributed by atoms with Gasteiger partial charge in [-0.1, -0.05) is 45.4 Å². The molecule has 11 heteroatoms. The third-order valence-electron chi connectivity index (χ3n) is 6.07. The van der Waals surface area contributed by atoms with Gasteiger partial charge in [-0.15, -0.1) is 18.3 Å². The number of hydrogen-bond donors (Lipinski definition) is 0. The predicted molar refractivity (Wildman–Crippen MR) is 161 cm³/mol. The Hall–Kier alpha value is -3.21. The average molecular weight is 603 g/mol. The third-order valence-corrected chi connectivity index (χ3v) is 7.94. The summed E-state index contributed by atoms with van der Waals surface area (Å²) in [6.07, 6.45) is 2.35. The van der Waals surface area contributed by atoms with Crippen LogP contribution in [0.3, 0.4) is 0 Å². The fourth-order valence-electron chi connectivity index (χ4n) is 3.89. The van der Waals surface area contributed by atoms with Gasteiger partial charge in [-0.05, 0) is 60.6 Å². The molecule has 40 heavy (non-hydrogen) atoms. The molecule has 3 rings (SSSR count). The SMILES string of the molecule is C=CCSC1C(CC)C(=O)N1C(C(=S)OCc1ccc([N+](=O)[O-])cc1)=C(Oc1ccc(Cl)cc1)C(=O)C(C)(C)C. The number of likely N-dealkylation sites (tertiary alicyclic amines) is 1. The lowest BCUT2D eigenvalue weighted by Crippen LogP contribution is -2.60. The summed E-state index contributed by atoms with van der Waals surface area (Å²) in [7, 11) is 0. The first-order valence-electron chi connectivity index (χ1n) is 12.6. The summed E-state index contributed by atoms with van der Waals surface area (Å²) in [5.41, 5.74) is -0.250. The van der Waals surface area contributed by atoms with Crippen molar-refractivity contribution in [1.82, 2.24) is 4.90 Å². The van der Waals surface area contributed by atoms with Crippen molar-refractivity contribution in [3.63, 3.8) is 0 Å². The summed E-state index contributed by atoms with van der Waals surface area (Å²) in [6, 6.07) is 12.3. The number of halogens is 1. The lowest BCUT2D eigenvalue weighted by molar-refractivity contribution is -0.384. The van der Waals surface area contributed by atoms with Crippen molar-refractivity contribution in [2.45, 2.75) is 46.1 Å². The van der Waals surface area contributed by atoms with Gasteiger partial charge in [0.05, 0.1) is 16.2 Å². The molecule has 1 heterocycles. The minimum Gasteiger partial charge on any atom is -0.477 e. The maximum absolute atomic E-state index is 13.8. The molecule has 8 nitrogen and oxygen atoms in total. The molecular weight excluding hydrogens is 572 g/mol. The minimum atomic E-state index is -0.886. The Morgan fingerprint density at radius 1 is 1.20 bits per heavy atom. The number of nitrogens with zero attached hydrogens (tertiary/aromatic N) is 2. The van der Waals surface area contributed by atoms with Gasteiger partial charge in [0.25, 0.3) is 5.69 Å². The normalized spacial score (nSPS) is 17.4. The highest BCUT2D eigenvalue weighted by molar-refractivity contribution is 8.00. The van der Waals surface area contributed by atoms with Crippen LogP contribution in [-0.4, -0.2) is 37.7 Å². The molecule has 0 N–H and O–H groups in total. The fraction of sp³-hybridized carbons (Fsp3) is 0.345. The number of carbonyl (C=O) groups is 2. The van der Waals surface area contributed by atoms with Crippen LogP contribution >= 0.6 is 35.6 Å². The number of allylic oxidation sites excluding steroid dienone is 1. The molecule has 2 aromatic rings. The van der Waals surface area contributed by atoms with Gasteiger partial charge in [0.15, 0.2) is 5.76 Å². The van der Waals surface area contributed by atoms with E-state index in [-0.39, 0.29) is 51.8 Å². The maximum atomic E-state index is 13.8. The van der Waals surface area contributed by atoms with Crippen molar-refractivity contribution in [1.29, 1.82) is 0 Å². The van der Waals surface area contributed by atoms with Crippen molar-refractivity contribution in [2.24, 2.45) is 11.3 Å². The number of ketones is 1. The summed E-state index contributed by atoms with van der Waals surface area (Å²) >= 11 is 13.3. The topological polar surface area (TPSA) is 99.0 Å². The number of benzene rings is 2. The molecule has 0 radical (unpaired) electrons. The molecule has 0 aromatic heterocycles. The van der Waals surface area contributed by atoms with Crippen molar-refractivity contribution in [3.8, 4) is 5.75 Å². The number of thiocarbonyl (C=S) groups is 1. The third kappa shape index (κ3) is 7.30. The van der Waals surface area contributed by atoms with Gasteiger partial charge in [0.1, 0.15) is 18.1 Å². The van der Waals surface area contributed by atoms with Crippen LogP contribution in [0.25, 0.3) is 0 Å². The molecule has 1 amide bonds. The molecule has 0 saturated carbocycles. The Kier molecular flexibility index (Phi) is 10.5. The average Bonchev–Trinajstić information content (AvgIpc) is 2.91. The van der Waals surface area contributed by atoms with E-state index >= 15 is 0 Å². The second-order valence-corrected chi connectivity index (χ2v) is 12.0. The van der Waals surface area contributed by atoms with E-state index in [1.807, 2.05) is 6.92 Å². The largest absolute Gasteiger partial charge is 0.477 e. The molecular formula is C29H31ClN2O6S2. The summed E-state index contributed by atoms with van der Waals surface area (Å²) < 4.78 is 12.1. The van der Waals surface area contributed by atoms with Gasteiger partial charge in [-0.3, -0.25) is 24.6 Å². The monoisotopic (exact) mass is 602 g/mol. The molecule has 212 valence electrons. The van der Waals surface area contributed by atoms with E-state index in [1.54, 1.807) is 63.2 Å². The highest BCUT2D eigenvalue weighted by Crippen LogP contribution is 2.42. The Bertz CT molecular complexity index is 1320. The lowest BCUT2D eigenvalue weighted by Gasteiger charge is -2.47. The first-order chi connectivity index (χ1) is 18.9. The summed E-state index contributed by atoms with van der Waals surface area (Å²) in [4.78, 5) is 39.3. The number of Topliss-reactive ketones (excluding diaryl/α,β-unsaturated/α-hetero) is 1. The zero-order valence-corrected chi connectivity index (χ0v) is 25.1. The number of ether oxygens (including phenoxy) is 2. The van der Waals surface area contributed by atoms with Crippen LogP contribution in [0.5, 0.6) is 5.75 Å². The summed E-state index contributed by atoms with van der Waals surface area (Å²) in [5, 5.41) is 11.1. The van der Waals surface area contributed by atoms with Crippen LogP contribution < -0.4 is 4.74 Å². The first-order valence-corrected chi connectivity index (χ1v) is 14.4. The second kappa shape index (κ2) is 13.4. The van der Waals surface area contributed by atoms with Gasteiger partial charge in [-0.25, -0.2) is 0 Å². The number of rotatable bonds is 12. The quantitative estimate of drug-likeness (QED) is 0.0482. The fourth-order valence-corrected chi connectivity index (χ4v) is 5.50. The molecule has 0 spiro atoms. The number of hydrogen-bond acceptors (Lipinski definition) is 8. The van der Waals surface area contributed by atoms with Crippen LogP contribution in [-0.2, 0) is 20.9 Å². The number of thioether (sulfide) groups is 1. The van der Waals surface area contributed by atoms with Gasteiger partial charge in [-0.2, -0.15) is 0 Å². The lowest BCUT2D eigenvalue weighted by atomic mass is 9.87. The van der Waals surface area contributed by atoms with Gasteiger partial charge >= 0.3 is 0 Å². The number of carbonyl (C=O) groups excluding carboxylic acids is 2. The van der Waals surface area contributed by atoms with Gasteiger partial charge < -0.3 is 9.47 Å². The Morgan fingerprint density at radius 2 is 1.82 bits per heavy atom. The van der Waals surface area contributed by atoms with Crippen LogP contribution in [0.1, 0.15) is 39.7 Å². The molecule has 2 atom stereocenters. The van der Waals surface area contributed by atoms with Gasteiger partial charge in [0.2, 0.25) is 16.7 Å². The van der Waals surface area contributed by atoms with E-state index in [2.05, 4.69) is 6.58 Å². The number of nitro groups is 1. The number of non-ortho nitro benzene ring substituents is 1. The van der Waals surface area contributed by atoms with Crippen LogP contribution in [0.15, 0.2) is 72.6 Å². The van der Waals surface area contributed by atoms with Crippen molar-refractivity contribution in [2.75, 3.05) is 5.75 Å². The van der Waals surface area contributed by atoms with E-state index in [9.17, 15) is 19.7 Å². The maximum Gasteiger partial charge on any atom is 0.269 e. The molecule has 1 fully saturated rings. The Morgan fingerprint density at radius 3 is 2.35 bits per heavy atom. The molecule has 2 unspecified atom stereocenters. The van der Waals surface area contributed by atoms with Gasteiger partial charge in [0, 0.05) is 28.3 Å². The highest BCUT2D eigenvalue weighted by Gasteiger charge is 2.51. The van der Waals surface area contributed by atoms with E-state index in [0.29, 0.717) is 28.5 Å². The highest BCUT2D eigenvalue weighted by atomic mass is 35.5. The van der Waals surface area contributed by atoms with Crippen LogP contribution in [0.2, 0.25) is 5.02 Å². The van der Waals surface area contributed by atoms with Crippen molar-refractivity contribution in [3.05, 3.63) is 93.3 Å². The summed E-state index contributed by atoms with van der Waals surface area (Å²) in [5.74, 6) is -0.0503. The first kappa shape index (κ1) is 31.3. The second-order valence-electron chi connectivity index (χ2n) is 10.0. The van der Waals surface area contributed by atoms with E-state index in [1.165, 1.54) is 28.8 Å². The summed E-state index contributed by atoms with van der Waals surface area (Å²) in [6.45, 7) is 10.9. The van der Waals surface area contributed by atoms with Crippen molar-refractivity contribution < 1.29 is 24.0 Å². The van der Waals surface area contributed by atoms with Crippen molar-refractivity contribution >= 4 is 58.0 Å². The molecule has 1 saturated heterocycles. The van der Waals surface area contributed by atoms with Crippen LogP contribution in [0, 0.1) is 21.4 Å². The zero-order chi connectivity index (χ0) is 29.6. The van der Waals surface area contributed by atoms with E-state index in [0.717, 1.165) is 0 Å². The Balaban J connectivity index is 2.10. The number of nitro benzene ring substituents is 1. The van der Waals surface area contributed by atoms with Crippen LogP contribution in [0.4, 0.5) is 5.69 Å². The molecule has 1 aliphatic heterocycles. The Labute approximate surface area is 248 Å². The standard InChI is InChI=1S/C29H31ClN2O6S2/c1-6-16-40-27-22(7-2)26(34)31(27)23(28(39)37-17-18-8-12-20(13-9-18)32(35)36)24(25(33)29(3,4)5)38-21-14-10-19(30)11-15-21/h6,8-15,22,27H,1,7,16-17H2,2-5H3. The number of amides is 1. The molecule has 1 aliphatic rings. The smallest absolute Gasteiger partial charge is 0.269 e. The molecule has 0 bridgehead atoms. The minimum absolute atomic E-state index is 0.0397. The zero-order valence-electron chi connectivity index (χ0n) is 22.7. The molecule has 2 aromatic carbocycles. The predicted octanol–water partition coefficient (Wildman–Crippen LogP) is 7.11. The number of β-lactam (4-membered cyclic amide) rings is 1. The van der Waals surface area contributed by atoms with E-state index in [4.69, 9.17) is 33.3 Å². The molecule has 0 aliphatic carbocycles.